The highest BCUT2D eigenvalue weighted by Crippen LogP contribution is 2.22. The molecule has 1 aliphatic rings. The van der Waals surface area contributed by atoms with Gasteiger partial charge in [0.15, 0.2) is 9.84 Å². The average molecular weight is 262 g/mol. The average Bonchev–Trinajstić information content (AvgIpc) is 2.08. The molecular formula is C12H26N2O2S. The van der Waals surface area contributed by atoms with Gasteiger partial charge in [0.1, 0.15) is 0 Å². The topological polar surface area (TPSA) is 49.4 Å². The van der Waals surface area contributed by atoms with Gasteiger partial charge in [-0.25, -0.2) is 8.42 Å². The van der Waals surface area contributed by atoms with Gasteiger partial charge in [-0.1, -0.05) is 0 Å². The molecule has 0 aromatic rings. The van der Waals surface area contributed by atoms with E-state index in [0.717, 1.165) is 13.1 Å². The summed E-state index contributed by atoms with van der Waals surface area (Å²) in [7, 11) is -3.02. The zero-order valence-corrected chi connectivity index (χ0v) is 12.7. The van der Waals surface area contributed by atoms with Crippen LogP contribution in [0.15, 0.2) is 0 Å². The lowest BCUT2D eigenvalue weighted by atomic mass is 9.98. The summed E-state index contributed by atoms with van der Waals surface area (Å²) in [6.45, 7) is 12.4. The second-order valence-corrected chi connectivity index (χ2v) is 9.20. The van der Waals surface area contributed by atoms with Crippen molar-refractivity contribution in [1.82, 2.24) is 10.2 Å². The zero-order valence-electron chi connectivity index (χ0n) is 11.9. The number of hydrogen-bond donors (Lipinski definition) is 1. The van der Waals surface area contributed by atoms with Crippen molar-refractivity contribution in [2.45, 2.75) is 50.9 Å². The number of rotatable bonds is 3. The number of nitrogens with one attached hydrogen (secondary N) is 1. The monoisotopic (exact) mass is 262 g/mol. The van der Waals surface area contributed by atoms with Gasteiger partial charge in [0.2, 0.25) is 0 Å². The lowest BCUT2D eigenvalue weighted by Crippen LogP contribution is -2.63. The minimum atomic E-state index is -3.02. The van der Waals surface area contributed by atoms with E-state index in [-0.39, 0.29) is 5.54 Å². The summed E-state index contributed by atoms with van der Waals surface area (Å²) in [6, 6.07) is 0.379. The molecule has 0 aliphatic carbocycles. The predicted molar refractivity (Wildman–Crippen MR) is 72.0 cm³/mol. The smallest absolute Gasteiger partial charge is 0.153 e. The van der Waals surface area contributed by atoms with Crippen molar-refractivity contribution < 1.29 is 8.42 Å². The number of hydrogen-bond acceptors (Lipinski definition) is 4. The van der Waals surface area contributed by atoms with E-state index in [0.29, 0.717) is 12.6 Å². The molecule has 0 amide bonds. The number of sulfone groups is 1. The molecule has 0 spiro atoms. The Morgan fingerprint density at radius 3 is 2.41 bits per heavy atom. The minimum absolute atomic E-state index is 0.0556. The summed E-state index contributed by atoms with van der Waals surface area (Å²) in [6.07, 6.45) is 1.32. The van der Waals surface area contributed by atoms with Crippen LogP contribution >= 0.6 is 0 Å². The Hall–Kier alpha value is -0.130. The van der Waals surface area contributed by atoms with Gasteiger partial charge in [0.05, 0.1) is 4.75 Å². The standard InChI is InChI=1S/C12H26N2O2S/c1-10-7-13-11(2,3)8-14(10)9-12(4,5)17(6,15)16/h10,13H,7-9H2,1-6H3. The predicted octanol–water partition coefficient (Wildman–Crippen LogP) is 0.882. The molecule has 0 aromatic carbocycles. The van der Waals surface area contributed by atoms with E-state index in [9.17, 15) is 8.42 Å². The van der Waals surface area contributed by atoms with Crippen LogP contribution in [0.2, 0.25) is 0 Å². The largest absolute Gasteiger partial charge is 0.309 e. The number of piperazine rings is 1. The second-order valence-electron chi connectivity index (χ2n) is 6.55. The molecule has 1 atom stereocenters. The Balaban J connectivity index is 2.80. The highest BCUT2D eigenvalue weighted by molar-refractivity contribution is 7.92. The molecule has 102 valence electrons. The van der Waals surface area contributed by atoms with Crippen molar-refractivity contribution in [3.05, 3.63) is 0 Å². The quantitative estimate of drug-likeness (QED) is 0.820. The van der Waals surface area contributed by atoms with Crippen LogP contribution < -0.4 is 5.32 Å². The summed E-state index contributed by atoms with van der Waals surface area (Å²) in [4.78, 5) is 2.28. The van der Waals surface area contributed by atoms with Crippen molar-refractivity contribution in [1.29, 1.82) is 0 Å². The van der Waals surface area contributed by atoms with Gasteiger partial charge in [-0.3, -0.25) is 4.90 Å². The summed E-state index contributed by atoms with van der Waals surface area (Å²) < 4.78 is 22.8. The fourth-order valence-electron chi connectivity index (χ4n) is 2.09. The number of nitrogens with zero attached hydrogens (tertiary/aromatic N) is 1. The van der Waals surface area contributed by atoms with Gasteiger partial charge in [0.25, 0.3) is 0 Å². The van der Waals surface area contributed by atoms with Crippen molar-refractivity contribution in [3.63, 3.8) is 0 Å². The molecule has 0 aromatic heterocycles. The Kier molecular flexibility index (Phi) is 3.97. The molecular weight excluding hydrogens is 236 g/mol. The van der Waals surface area contributed by atoms with Crippen LogP contribution in [-0.2, 0) is 9.84 Å². The third-order valence-electron chi connectivity index (χ3n) is 3.69. The molecule has 17 heavy (non-hydrogen) atoms. The van der Waals surface area contributed by atoms with Crippen LogP contribution in [0.25, 0.3) is 0 Å². The van der Waals surface area contributed by atoms with E-state index in [1.807, 2.05) is 13.8 Å². The van der Waals surface area contributed by atoms with E-state index in [1.54, 1.807) is 0 Å². The Morgan fingerprint density at radius 1 is 1.41 bits per heavy atom. The van der Waals surface area contributed by atoms with Crippen LogP contribution in [0.1, 0.15) is 34.6 Å². The molecule has 4 nitrogen and oxygen atoms in total. The van der Waals surface area contributed by atoms with E-state index in [2.05, 4.69) is 31.0 Å². The van der Waals surface area contributed by atoms with E-state index in [4.69, 9.17) is 0 Å². The van der Waals surface area contributed by atoms with E-state index < -0.39 is 14.6 Å². The third kappa shape index (κ3) is 3.66. The highest BCUT2D eigenvalue weighted by atomic mass is 32.2. The summed E-state index contributed by atoms with van der Waals surface area (Å²) in [5.41, 5.74) is 0.0556. The minimum Gasteiger partial charge on any atom is -0.309 e. The molecule has 1 N–H and O–H groups in total. The summed E-state index contributed by atoms with van der Waals surface area (Å²) >= 11 is 0. The lowest BCUT2D eigenvalue weighted by Gasteiger charge is -2.45. The van der Waals surface area contributed by atoms with Crippen LogP contribution in [0.5, 0.6) is 0 Å². The van der Waals surface area contributed by atoms with Crippen LogP contribution in [0.4, 0.5) is 0 Å². The molecule has 0 radical (unpaired) electrons. The molecule has 1 saturated heterocycles. The Morgan fingerprint density at radius 2 is 1.94 bits per heavy atom. The van der Waals surface area contributed by atoms with Crippen LogP contribution in [0.3, 0.4) is 0 Å². The van der Waals surface area contributed by atoms with Crippen molar-refractivity contribution in [2.24, 2.45) is 0 Å². The molecule has 1 unspecified atom stereocenters. The molecule has 1 fully saturated rings. The second kappa shape index (κ2) is 4.52. The van der Waals surface area contributed by atoms with E-state index in [1.165, 1.54) is 6.26 Å². The van der Waals surface area contributed by atoms with Gasteiger partial charge in [0, 0.05) is 37.5 Å². The van der Waals surface area contributed by atoms with Crippen LogP contribution in [-0.4, -0.2) is 55.5 Å². The first-order valence-corrected chi connectivity index (χ1v) is 8.02. The first-order valence-electron chi connectivity index (χ1n) is 6.13. The van der Waals surface area contributed by atoms with Gasteiger partial charge in [-0.05, 0) is 34.6 Å². The fourth-order valence-corrected chi connectivity index (χ4v) is 2.49. The first kappa shape index (κ1) is 14.9. The van der Waals surface area contributed by atoms with Crippen molar-refractivity contribution in [3.8, 4) is 0 Å². The normalized spacial score (nSPS) is 27.1. The van der Waals surface area contributed by atoms with Gasteiger partial charge >= 0.3 is 0 Å². The van der Waals surface area contributed by atoms with Gasteiger partial charge < -0.3 is 5.32 Å². The Bertz CT molecular complexity index is 374. The van der Waals surface area contributed by atoms with E-state index >= 15 is 0 Å². The maximum Gasteiger partial charge on any atom is 0.153 e. The Labute approximate surface area is 106 Å². The van der Waals surface area contributed by atoms with Crippen molar-refractivity contribution in [2.75, 3.05) is 25.9 Å². The molecule has 0 saturated carbocycles. The van der Waals surface area contributed by atoms with Crippen molar-refractivity contribution >= 4 is 9.84 Å². The third-order valence-corrected chi connectivity index (χ3v) is 5.82. The molecule has 1 rings (SSSR count). The SMILES string of the molecule is CC1CNC(C)(C)CN1CC(C)(C)S(C)(=O)=O. The molecule has 5 heteroatoms. The van der Waals surface area contributed by atoms with Gasteiger partial charge in [-0.2, -0.15) is 0 Å². The van der Waals surface area contributed by atoms with Gasteiger partial charge in [-0.15, -0.1) is 0 Å². The highest BCUT2D eigenvalue weighted by Gasteiger charge is 2.37. The maximum absolute atomic E-state index is 11.8. The first-order chi connectivity index (χ1) is 7.45. The molecule has 1 aliphatic heterocycles. The lowest BCUT2D eigenvalue weighted by molar-refractivity contribution is 0.0966. The maximum atomic E-state index is 11.8. The zero-order chi connectivity index (χ0) is 13.5. The molecule has 0 bridgehead atoms. The summed E-state index contributed by atoms with van der Waals surface area (Å²) in [5.74, 6) is 0. The fraction of sp³-hybridized carbons (Fsp3) is 1.00. The molecule has 1 heterocycles. The van der Waals surface area contributed by atoms with Crippen LogP contribution in [0, 0.1) is 0 Å². The summed E-state index contributed by atoms with van der Waals surface area (Å²) in [5, 5.41) is 3.47.